The molecule has 0 unspecified atom stereocenters. The molecule has 0 fully saturated rings. The molecular formula is C12H11IN6O2S. The fraction of sp³-hybridized carbons (Fsp3) is 0.167. The van der Waals surface area contributed by atoms with Gasteiger partial charge < -0.3 is 5.73 Å². The molecule has 0 radical (unpaired) electrons. The summed E-state index contributed by atoms with van der Waals surface area (Å²) in [6.45, 7) is 1.96. The van der Waals surface area contributed by atoms with E-state index in [0.29, 0.717) is 5.82 Å². The third kappa shape index (κ3) is 2.52. The van der Waals surface area contributed by atoms with Gasteiger partial charge in [-0.15, -0.1) is 5.10 Å². The predicted octanol–water partition coefficient (Wildman–Crippen LogP) is 1.09. The number of nitrogens with zero attached hydrogens (tertiary/aromatic N) is 5. The number of anilines is 1. The molecule has 0 atom stereocenters. The standard InChI is InChI=1S/C12H11IN6O2S/c1-6-7(4-3-5-8(6)13)9-15-11-17-12(22(2,20)21)16-10(14)19(11)18-9/h3-5H,1-2H3,(H2,14,15,16,17,18). The Labute approximate surface area is 139 Å². The SMILES string of the molecule is Cc1c(I)cccc1-c1nc2nc(S(C)(=O)=O)nc(N)n2n1. The zero-order valence-corrected chi connectivity index (χ0v) is 14.6. The summed E-state index contributed by atoms with van der Waals surface area (Å²) in [5.41, 5.74) is 7.61. The molecule has 0 spiro atoms. The van der Waals surface area contributed by atoms with Crippen LogP contribution in [-0.2, 0) is 9.84 Å². The largest absolute Gasteiger partial charge is 0.368 e. The lowest BCUT2D eigenvalue weighted by molar-refractivity contribution is 0.592. The van der Waals surface area contributed by atoms with E-state index in [0.717, 1.165) is 21.0 Å². The third-order valence-electron chi connectivity index (χ3n) is 3.05. The number of nitrogens with two attached hydrogens (primary N) is 1. The molecule has 0 saturated heterocycles. The number of nitrogen functional groups attached to an aromatic ring is 1. The van der Waals surface area contributed by atoms with Crippen LogP contribution in [0.5, 0.6) is 0 Å². The predicted molar refractivity (Wildman–Crippen MR) is 89.0 cm³/mol. The lowest BCUT2D eigenvalue weighted by Gasteiger charge is -2.02. The summed E-state index contributed by atoms with van der Waals surface area (Å²) in [6.07, 6.45) is 1.01. The third-order valence-corrected chi connectivity index (χ3v) is 5.07. The molecule has 2 N–H and O–H groups in total. The van der Waals surface area contributed by atoms with Gasteiger partial charge in [0.1, 0.15) is 0 Å². The van der Waals surface area contributed by atoms with Gasteiger partial charge in [0, 0.05) is 15.4 Å². The second kappa shape index (κ2) is 5.12. The van der Waals surface area contributed by atoms with E-state index in [1.807, 2.05) is 25.1 Å². The van der Waals surface area contributed by atoms with Crippen molar-refractivity contribution in [1.29, 1.82) is 0 Å². The summed E-state index contributed by atoms with van der Waals surface area (Å²) in [5.74, 6) is 0.441. The van der Waals surface area contributed by atoms with Crippen LogP contribution in [0.1, 0.15) is 5.56 Å². The number of aromatic nitrogens is 5. The Hall–Kier alpha value is -1.82. The molecule has 0 saturated carbocycles. The molecule has 8 nitrogen and oxygen atoms in total. The highest BCUT2D eigenvalue weighted by atomic mass is 127. The molecule has 10 heteroatoms. The van der Waals surface area contributed by atoms with Gasteiger partial charge in [-0.25, -0.2) is 8.42 Å². The van der Waals surface area contributed by atoms with Crippen LogP contribution in [0.15, 0.2) is 23.4 Å². The van der Waals surface area contributed by atoms with Crippen LogP contribution in [0.2, 0.25) is 0 Å². The van der Waals surface area contributed by atoms with Crippen molar-refractivity contribution in [3.8, 4) is 11.4 Å². The maximum Gasteiger partial charge on any atom is 0.258 e. The minimum Gasteiger partial charge on any atom is -0.368 e. The number of benzene rings is 1. The lowest BCUT2D eigenvalue weighted by atomic mass is 10.1. The van der Waals surface area contributed by atoms with Gasteiger partial charge in [0.2, 0.25) is 15.8 Å². The van der Waals surface area contributed by atoms with Crippen molar-refractivity contribution in [2.24, 2.45) is 0 Å². The number of hydrogen-bond acceptors (Lipinski definition) is 7. The van der Waals surface area contributed by atoms with Crippen molar-refractivity contribution in [3.63, 3.8) is 0 Å². The van der Waals surface area contributed by atoms with Crippen LogP contribution < -0.4 is 5.73 Å². The van der Waals surface area contributed by atoms with Crippen LogP contribution in [0, 0.1) is 10.5 Å². The molecule has 0 aliphatic rings. The first-order valence-corrected chi connectivity index (χ1v) is 9.10. The quantitative estimate of drug-likeness (QED) is 0.605. The van der Waals surface area contributed by atoms with Crippen LogP contribution in [0.4, 0.5) is 5.95 Å². The molecule has 114 valence electrons. The summed E-state index contributed by atoms with van der Waals surface area (Å²) >= 11 is 2.22. The molecule has 22 heavy (non-hydrogen) atoms. The number of hydrogen-bond donors (Lipinski definition) is 1. The Balaban J connectivity index is 2.26. The van der Waals surface area contributed by atoms with E-state index in [4.69, 9.17) is 5.73 Å². The highest BCUT2D eigenvalue weighted by Crippen LogP contribution is 2.24. The molecule has 3 rings (SSSR count). The zero-order valence-electron chi connectivity index (χ0n) is 11.6. The highest BCUT2D eigenvalue weighted by molar-refractivity contribution is 14.1. The van der Waals surface area contributed by atoms with Gasteiger partial charge in [-0.1, -0.05) is 12.1 Å². The Bertz CT molecular complexity index is 998. The van der Waals surface area contributed by atoms with Gasteiger partial charge in [0.25, 0.3) is 10.9 Å². The molecule has 1 aromatic carbocycles. The van der Waals surface area contributed by atoms with E-state index in [2.05, 4.69) is 42.6 Å². The van der Waals surface area contributed by atoms with Gasteiger partial charge in [-0.3, -0.25) is 0 Å². The average molecular weight is 430 g/mol. The molecular weight excluding hydrogens is 419 g/mol. The van der Waals surface area contributed by atoms with Crippen molar-refractivity contribution in [1.82, 2.24) is 24.6 Å². The van der Waals surface area contributed by atoms with E-state index in [1.54, 1.807) is 0 Å². The van der Waals surface area contributed by atoms with E-state index < -0.39 is 9.84 Å². The monoisotopic (exact) mass is 430 g/mol. The topological polar surface area (TPSA) is 116 Å². The number of sulfone groups is 1. The zero-order chi connectivity index (χ0) is 16.1. The number of rotatable bonds is 2. The maximum absolute atomic E-state index is 11.6. The normalized spacial score (nSPS) is 12.0. The molecule has 2 heterocycles. The van der Waals surface area contributed by atoms with Gasteiger partial charge in [-0.05, 0) is 41.1 Å². The number of halogens is 1. The van der Waals surface area contributed by atoms with Crippen molar-refractivity contribution in [2.75, 3.05) is 12.0 Å². The number of fused-ring (bicyclic) bond motifs is 1. The summed E-state index contributed by atoms with van der Waals surface area (Å²) in [6, 6.07) is 5.76. The Morgan fingerprint density at radius 1 is 1.23 bits per heavy atom. The summed E-state index contributed by atoms with van der Waals surface area (Å²) in [7, 11) is -3.57. The Morgan fingerprint density at radius 3 is 2.64 bits per heavy atom. The van der Waals surface area contributed by atoms with Gasteiger partial charge in [0.05, 0.1) is 0 Å². The Kier molecular flexibility index (Phi) is 3.51. The van der Waals surface area contributed by atoms with Crippen LogP contribution >= 0.6 is 22.6 Å². The van der Waals surface area contributed by atoms with Crippen LogP contribution in [-0.4, -0.2) is 39.2 Å². The van der Waals surface area contributed by atoms with E-state index in [1.165, 1.54) is 4.52 Å². The molecule has 3 aromatic rings. The molecule has 0 bridgehead atoms. The van der Waals surface area contributed by atoms with Crippen molar-refractivity contribution in [3.05, 3.63) is 27.3 Å². The Morgan fingerprint density at radius 2 is 1.95 bits per heavy atom. The van der Waals surface area contributed by atoms with Crippen LogP contribution in [0.3, 0.4) is 0 Å². The van der Waals surface area contributed by atoms with E-state index in [-0.39, 0.29) is 16.9 Å². The van der Waals surface area contributed by atoms with Crippen molar-refractivity contribution < 1.29 is 8.42 Å². The minimum atomic E-state index is -3.57. The second-order valence-electron chi connectivity index (χ2n) is 4.70. The van der Waals surface area contributed by atoms with Gasteiger partial charge in [-0.2, -0.15) is 19.5 Å². The molecule has 0 amide bonds. The van der Waals surface area contributed by atoms with Gasteiger partial charge >= 0.3 is 0 Å². The smallest absolute Gasteiger partial charge is 0.258 e. The first-order valence-electron chi connectivity index (χ1n) is 6.13. The van der Waals surface area contributed by atoms with Gasteiger partial charge in [0.15, 0.2) is 5.82 Å². The summed E-state index contributed by atoms with van der Waals surface area (Å²) in [4.78, 5) is 11.9. The van der Waals surface area contributed by atoms with E-state index >= 15 is 0 Å². The van der Waals surface area contributed by atoms with Crippen LogP contribution in [0.25, 0.3) is 17.2 Å². The highest BCUT2D eigenvalue weighted by Gasteiger charge is 2.18. The second-order valence-corrected chi connectivity index (χ2v) is 7.77. The van der Waals surface area contributed by atoms with Crippen molar-refractivity contribution in [2.45, 2.75) is 12.1 Å². The van der Waals surface area contributed by atoms with E-state index in [9.17, 15) is 8.42 Å². The first-order chi connectivity index (χ1) is 10.3. The molecule has 0 aliphatic heterocycles. The lowest BCUT2D eigenvalue weighted by Crippen LogP contribution is -2.11. The maximum atomic E-state index is 11.6. The first kappa shape index (κ1) is 15.1. The summed E-state index contributed by atoms with van der Waals surface area (Å²) in [5, 5.41) is 3.90. The summed E-state index contributed by atoms with van der Waals surface area (Å²) < 4.78 is 25.4. The molecule has 2 aromatic heterocycles. The average Bonchev–Trinajstić information content (AvgIpc) is 2.85. The fourth-order valence-corrected chi connectivity index (χ4v) is 2.92. The minimum absolute atomic E-state index is 0.0764. The van der Waals surface area contributed by atoms with Crippen molar-refractivity contribution >= 4 is 44.2 Å². The fourth-order valence-electron chi connectivity index (χ4n) is 1.92. The molecule has 0 aliphatic carbocycles.